The average molecular weight is 560 g/mol. The van der Waals surface area contributed by atoms with Crippen LogP contribution in [0.25, 0.3) is 10.9 Å². The summed E-state index contributed by atoms with van der Waals surface area (Å²) in [6.07, 6.45) is 0.652. The van der Waals surface area contributed by atoms with Gasteiger partial charge in [0.25, 0.3) is 0 Å². The number of ether oxygens (including phenoxy) is 4. The maximum absolute atomic E-state index is 12.8. The molecule has 1 N–H and O–H groups in total. The van der Waals surface area contributed by atoms with Gasteiger partial charge in [0.05, 0.1) is 12.6 Å². The van der Waals surface area contributed by atoms with Gasteiger partial charge in [-0.15, -0.1) is 0 Å². The Hall–Kier alpha value is -3.60. The van der Waals surface area contributed by atoms with E-state index in [2.05, 4.69) is 9.88 Å². The number of carboxylic acids is 1. The first-order valence-corrected chi connectivity index (χ1v) is 13.4. The standard InChI is InChI=1S/C29H41N3O8/c1-28(2,3)39-26(35)32(18-25(33)34)19-11-14-31(15-12-19)17-24(38-27(36)40-29(4,5)6)21-10-13-30-23-9-8-20(37-7)16-22(21)23/h8-10,13,16,19,24H,11-12,14-15,17-18H2,1-7H3,(H,33,34)/t24-/m0/s1. The molecule has 0 saturated carbocycles. The van der Waals surface area contributed by atoms with Crippen LogP contribution in [0.3, 0.4) is 0 Å². The van der Waals surface area contributed by atoms with Crippen molar-refractivity contribution in [3.8, 4) is 5.75 Å². The first kappa shape index (κ1) is 30.9. The van der Waals surface area contributed by atoms with E-state index in [9.17, 15) is 19.5 Å². The number of hydrogen-bond donors (Lipinski definition) is 1. The number of amides is 1. The highest BCUT2D eigenvalue weighted by Gasteiger charge is 2.34. The molecule has 1 aliphatic rings. The SMILES string of the molecule is COc1ccc2nccc([C@H](CN3CCC(N(CC(=O)O)C(=O)OC(C)(C)C)CC3)OC(=O)OC(C)(C)C)c2c1. The Morgan fingerprint density at radius 2 is 1.70 bits per heavy atom. The van der Waals surface area contributed by atoms with Crippen LogP contribution < -0.4 is 4.74 Å². The average Bonchev–Trinajstić information content (AvgIpc) is 2.84. The number of methoxy groups -OCH3 is 1. The lowest BCUT2D eigenvalue weighted by Crippen LogP contribution is -2.51. The summed E-state index contributed by atoms with van der Waals surface area (Å²) in [6, 6.07) is 7.06. The lowest BCUT2D eigenvalue weighted by molar-refractivity contribution is -0.139. The minimum absolute atomic E-state index is 0.293. The Kier molecular flexibility index (Phi) is 9.83. The lowest BCUT2D eigenvalue weighted by Gasteiger charge is -2.39. The van der Waals surface area contributed by atoms with Crippen molar-refractivity contribution < 1.29 is 38.4 Å². The molecule has 1 aromatic heterocycles. The van der Waals surface area contributed by atoms with Crippen LogP contribution in [0.1, 0.15) is 66.1 Å². The molecular formula is C29H41N3O8. The number of carbonyl (C=O) groups excluding carboxylic acids is 2. The van der Waals surface area contributed by atoms with Crippen molar-refractivity contribution in [3.63, 3.8) is 0 Å². The number of aliphatic carboxylic acids is 1. The first-order valence-electron chi connectivity index (χ1n) is 13.4. The molecule has 0 unspecified atom stereocenters. The van der Waals surface area contributed by atoms with E-state index in [-0.39, 0.29) is 6.04 Å². The van der Waals surface area contributed by atoms with Gasteiger partial charge in [-0.05, 0) is 78.6 Å². The molecular weight excluding hydrogens is 518 g/mol. The molecule has 11 nitrogen and oxygen atoms in total. The second-order valence-electron chi connectivity index (χ2n) is 11.9. The minimum Gasteiger partial charge on any atom is -0.497 e. The molecule has 0 aliphatic carbocycles. The van der Waals surface area contributed by atoms with E-state index >= 15 is 0 Å². The van der Waals surface area contributed by atoms with Gasteiger partial charge in [-0.2, -0.15) is 0 Å². The van der Waals surface area contributed by atoms with Crippen molar-refractivity contribution in [2.45, 2.75) is 77.7 Å². The summed E-state index contributed by atoms with van der Waals surface area (Å²) in [5.74, 6) is -0.446. The number of fused-ring (bicyclic) bond motifs is 1. The lowest BCUT2D eigenvalue weighted by atomic mass is 10.00. The number of aromatic nitrogens is 1. The van der Waals surface area contributed by atoms with Crippen LogP contribution in [0.5, 0.6) is 5.75 Å². The van der Waals surface area contributed by atoms with E-state index in [1.807, 2.05) is 24.3 Å². The maximum Gasteiger partial charge on any atom is 0.509 e. The molecule has 2 aromatic rings. The zero-order chi connectivity index (χ0) is 29.7. The monoisotopic (exact) mass is 559 g/mol. The molecule has 2 heterocycles. The number of benzene rings is 1. The minimum atomic E-state index is -1.10. The number of pyridine rings is 1. The molecule has 1 atom stereocenters. The smallest absolute Gasteiger partial charge is 0.497 e. The van der Waals surface area contributed by atoms with Crippen LogP contribution in [0, 0.1) is 0 Å². The van der Waals surface area contributed by atoms with Crippen LogP contribution in [-0.4, -0.2) is 88.6 Å². The van der Waals surface area contributed by atoms with E-state index in [0.717, 1.165) is 16.5 Å². The van der Waals surface area contributed by atoms with E-state index in [4.69, 9.17) is 18.9 Å². The van der Waals surface area contributed by atoms with Crippen molar-refractivity contribution >= 4 is 29.1 Å². The Balaban J connectivity index is 1.81. The number of carboxylic acid groups (broad SMARTS) is 1. The van der Waals surface area contributed by atoms with Crippen LogP contribution in [-0.2, 0) is 19.0 Å². The van der Waals surface area contributed by atoms with Crippen molar-refractivity contribution in [1.82, 2.24) is 14.8 Å². The zero-order valence-electron chi connectivity index (χ0n) is 24.4. The second-order valence-corrected chi connectivity index (χ2v) is 11.9. The van der Waals surface area contributed by atoms with Crippen LogP contribution in [0.4, 0.5) is 9.59 Å². The Labute approximate surface area is 235 Å². The fourth-order valence-electron chi connectivity index (χ4n) is 4.60. The molecule has 1 aromatic carbocycles. The first-order chi connectivity index (χ1) is 18.6. The molecule has 11 heteroatoms. The molecule has 0 bridgehead atoms. The summed E-state index contributed by atoms with van der Waals surface area (Å²) in [6.45, 7) is 11.6. The number of piperidine rings is 1. The van der Waals surface area contributed by atoms with Crippen LogP contribution >= 0.6 is 0 Å². The normalized spacial score (nSPS) is 15.8. The molecule has 1 saturated heterocycles. The summed E-state index contributed by atoms with van der Waals surface area (Å²) < 4.78 is 22.2. The number of hydrogen-bond acceptors (Lipinski definition) is 9. The number of carbonyl (C=O) groups is 3. The third-order valence-electron chi connectivity index (χ3n) is 6.31. The largest absolute Gasteiger partial charge is 0.509 e. The topological polar surface area (TPSA) is 128 Å². The number of rotatable bonds is 8. The van der Waals surface area contributed by atoms with Crippen molar-refractivity contribution in [2.75, 3.05) is 33.3 Å². The number of nitrogens with zero attached hydrogens (tertiary/aromatic N) is 3. The highest BCUT2D eigenvalue weighted by atomic mass is 16.7. The number of likely N-dealkylation sites (tertiary alicyclic amines) is 1. The van der Waals surface area contributed by atoms with Gasteiger partial charge in [-0.1, -0.05) is 0 Å². The van der Waals surface area contributed by atoms with Crippen LogP contribution in [0.15, 0.2) is 30.5 Å². The van der Waals surface area contributed by atoms with Gasteiger partial charge in [0.15, 0.2) is 0 Å². The fraction of sp³-hybridized carbons (Fsp3) is 0.586. The van der Waals surface area contributed by atoms with E-state index < -0.39 is 42.1 Å². The highest BCUT2D eigenvalue weighted by molar-refractivity contribution is 5.84. The van der Waals surface area contributed by atoms with Gasteiger partial charge in [0.1, 0.15) is 29.6 Å². The molecule has 0 spiro atoms. The van der Waals surface area contributed by atoms with Gasteiger partial charge >= 0.3 is 18.2 Å². The Bertz CT molecular complexity index is 1200. The van der Waals surface area contributed by atoms with Gasteiger partial charge in [-0.25, -0.2) is 9.59 Å². The van der Waals surface area contributed by atoms with Gasteiger partial charge in [0.2, 0.25) is 0 Å². The van der Waals surface area contributed by atoms with Crippen LogP contribution in [0.2, 0.25) is 0 Å². The van der Waals surface area contributed by atoms with Gasteiger partial charge in [-0.3, -0.25) is 19.6 Å². The van der Waals surface area contributed by atoms with E-state index in [1.54, 1.807) is 54.8 Å². The fourth-order valence-corrected chi connectivity index (χ4v) is 4.60. The third kappa shape index (κ3) is 8.97. The maximum atomic E-state index is 12.8. The molecule has 40 heavy (non-hydrogen) atoms. The van der Waals surface area contributed by atoms with Crippen molar-refractivity contribution in [1.29, 1.82) is 0 Å². The van der Waals surface area contributed by atoms with Crippen molar-refractivity contribution in [3.05, 3.63) is 36.0 Å². The summed E-state index contributed by atoms with van der Waals surface area (Å²) in [5, 5.41) is 10.2. The van der Waals surface area contributed by atoms with E-state index in [1.165, 1.54) is 4.90 Å². The molecule has 0 radical (unpaired) electrons. The van der Waals surface area contributed by atoms with Crippen molar-refractivity contribution in [2.24, 2.45) is 0 Å². The Morgan fingerprint density at radius 1 is 1.05 bits per heavy atom. The summed E-state index contributed by atoms with van der Waals surface area (Å²) in [7, 11) is 1.58. The molecule has 1 fully saturated rings. The molecule has 1 amide bonds. The predicted octanol–water partition coefficient (Wildman–Crippen LogP) is 5.02. The summed E-state index contributed by atoms with van der Waals surface area (Å²) in [5.41, 5.74) is 0.0322. The highest BCUT2D eigenvalue weighted by Crippen LogP contribution is 2.31. The van der Waals surface area contributed by atoms with E-state index in [0.29, 0.717) is 38.2 Å². The predicted molar refractivity (Wildman–Crippen MR) is 148 cm³/mol. The summed E-state index contributed by atoms with van der Waals surface area (Å²) >= 11 is 0. The molecule has 220 valence electrons. The quantitative estimate of drug-likeness (QED) is 0.440. The molecule has 3 rings (SSSR count). The second kappa shape index (κ2) is 12.7. The Morgan fingerprint density at radius 3 is 2.27 bits per heavy atom. The van der Waals surface area contributed by atoms with Gasteiger partial charge < -0.3 is 24.1 Å². The third-order valence-corrected chi connectivity index (χ3v) is 6.31. The zero-order valence-corrected chi connectivity index (χ0v) is 24.4. The molecule has 1 aliphatic heterocycles. The van der Waals surface area contributed by atoms with Gasteiger partial charge in [0, 0.05) is 42.8 Å². The summed E-state index contributed by atoms with van der Waals surface area (Å²) in [4.78, 5) is 44.9.